The fourth-order valence-corrected chi connectivity index (χ4v) is 1.99. The van der Waals surface area contributed by atoms with Gasteiger partial charge in [-0.2, -0.15) is 0 Å². The molecule has 1 unspecified atom stereocenters. The van der Waals surface area contributed by atoms with Crippen LogP contribution in [0.2, 0.25) is 0 Å². The standard InChI is InChI=1S/C14H18BrN/c1-3-5-6-14(16-4-2)11-12-7-9-13(15)10-8-12/h1,7-10,14,16H,4-6,11H2,2H3. The minimum absolute atomic E-state index is 0.488. The zero-order valence-electron chi connectivity index (χ0n) is 9.67. The van der Waals surface area contributed by atoms with Gasteiger partial charge in [-0.05, 0) is 37.1 Å². The molecule has 86 valence electrons. The van der Waals surface area contributed by atoms with E-state index in [4.69, 9.17) is 6.42 Å². The van der Waals surface area contributed by atoms with Gasteiger partial charge in [-0.25, -0.2) is 0 Å². The minimum Gasteiger partial charge on any atom is -0.314 e. The van der Waals surface area contributed by atoms with Crippen LogP contribution in [0.5, 0.6) is 0 Å². The molecule has 0 aliphatic rings. The predicted octanol–water partition coefficient (Wildman–Crippen LogP) is 3.38. The van der Waals surface area contributed by atoms with Crippen molar-refractivity contribution in [1.82, 2.24) is 5.32 Å². The molecule has 0 aliphatic carbocycles. The van der Waals surface area contributed by atoms with Crippen LogP contribution in [0.3, 0.4) is 0 Å². The van der Waals surface area contributed by atoms with Crippen molar-refractivity contribution in [3.8, 4) is 12.3 Å². The Balaban J connectivity index is 2.53. The van der Waals surface area contributed by atoms with E-state index in [0.29, 0.717) is 6.04 Å². The molecule has 16 heavy (non-hydrogen) atoms. The van der Waals surface area contributed by atoms with Crippen LogP contribution in [-0.2, 0) is 6.42 Å². The number of rotatable bonds is 6. The molecule has 0 radical (unpaired) electrons. The molecule has 1 aromatic carbocycles. The smallest absolute Gasteiger partial charge is 0.0175 e. The molecule has 1 atom stereocenters. The van der Waals surface area contributed by atoms with Crippen molar-refractivity contribution in [3.05, 3.63) is 34.3 Å². The van der Waals surface area contributed by atoms with Gasteiger partial charge < -0.3 is 5.32 Å². The van der Waals surface area contributed by atoms with Crippen LogP contribution in [0.1, 0.15) is 25.3 Å². The van der Waals surface area contributed by atoms with Crippen molar-refractivity contribution in [2.45, 2.75) is 32.2 Å². The van der Waals surface area contributed by atoms with Crippen molar-refractivity contribution in [1.29, 1.82) is 0 Å². The Morgan fingerprint density at radius 3 is 2.62 bits per heavy atom. The Hall–Kier alpha value is -0.780. The van der Waals surface area contributed by atoms with Crippen molar-refractivity contribution in [2.24, 2.45) is 0 Å². The summed E-state index contributed by atoms with van der Waals surface area (Å²) in [5, 5.41) is 3.47. The van der Waals surface area contributed by atoms with Crippen LogP contribution in [-0.4, -0.2) is 12.6 Å². The molecule has 1 N–H and O–H groups in total. The highest BCUT2D eigenvalue weighted by Gasteiger charge is 2.07. The van der Waals surface area contributed by atoms with Crippen molar-refractivity contribution in [2.75, 3.05) is 6.54 Å². The molecule has 0 spiro atoms. The van der Waals surface area contributed by atoms with Gasteiger partial charge in [-0.1, -0.05) is 35.0 Å². The summed E-state index contributed by atoms with van der Waals surface area (Å²) in [6.07, 6.45) is 8.23. The highest BCUT2D eigenvalue weighted by Crippen LogP contribution is 2.13. The summed E-state index contributed by atoms with van der Waals surface area (Å²) in [7, 11) is 0. The molecular formula is C14H18BrN. The van der Waals surface area contributed by atoms with Crippen molar-refractivity contribution in [3.63, 3.8) is 0 Å². The van der Waals surface area contributed by atoms with Gasteiger partial charge in [0.25, 0.3) is 0 Å². The van der Waals surface area contributed by atoms with E-state index in [-0.39, 0.29) is 0 Å². The third kappa shape index (κ3) is 4.83. The molecule has 2 heteroatoms. The predicted molar refractivity (Wildman–Crippen MR) is 73.4 cm³/mol. The van der Waals surface area contributed by atoms with Gasteiger partial charge in [0.1, 0.15) is 0 Å². The van der Waals surface area contributed by atoms with E-state index in [9.17, 15) is 0 Å². The maximum Gasteiger partial charge on any atom is 0.0175 e. The summed E-state index contributed by atoms with van der Waals surface area (Å²) in [5.74, 6) is 2.70. The SMILES string of the molecule is C#CCCC(Cc1ccc(Br)cc1)NCC. The first-order valence-corrected chi connectivity index (χ1v) is 6.46. The lowest BCUT2D eigenvalue weighted by molar-refractivity contribution is 0.497. The first-order chi connectivity index (χ1) is 7.76. The number of hydrogen-bond acceptors (Lipinski definition) is 1. The second kappa shape index (κ2) is 7.49. The second-order valence-electron chi connectivity index (χ2n) is 3.83. The zero-order chi connectivity index (χ0) is 11.8. The lowest BCUT2D eigenvalue weighted by Crippen LogP contribution is -2.30. The maximum absolute atomic E-state index is 5.30. The van der Waals surface area contributed by atoms with Gasteiger partial charge in [0.05, 0.1) is 0 Å². The van der Waals surface area contributed by atoms with Crippen LogP contribution < -0.4 is 5.32 Å². The molecule has 0 amide bonds. The summed E-state index contributed by atoms with van der Waals surface area (Å²) in [4.78, 5) is 0. The average Bonchev–Trinajstić information content (AvgIpc) is 2.29. The number of halogens is 1. The molecule has 1 nitrogen and oxygen atoms in total. The Kier molecular flexibility index (Phi) is 6.22. The fraction of sp³-hybridized carbons (Fsp3) is 0.429. The van der Waals surface area contributed by atoms with E-state index < -0.39 is 0 Å². The van der Waals surface area contributed by atoms with E-state index in [1.54, 1.807) is 0 Å². The highest BCUT2D eigenvalue weighted by molar-refractivity contribution is 9.10. The Morgan fingerprint density at radius 2 is 2.06 bits per heavy atom. The van der Waals surface area contributed by atoms with Gasteiger partial charge in [0, 0.05) is 16.9 Å². The molecule has 0 aliphatic heterocycles. The first kappa shape index (κ1) is 13.3. The van der Waals surface area contributed by atoms with E-state index in [1.807, 2.05) is 0 Å². The van der Waals surface area contributed by atoms with Crippen LogP contribution in [0.25, 0.3) is 0 Å². The Labute approximate surface area is 107 Å². The van der Waals surface area contributed by atoms with Crippen LogP contribution in [0.4, 0.5) is 0 Å². The molecule has 0 saturated heterocycles. The van der Waals surface area contributed by atoms with E-state index in [1.165, 1.54) is 5.56 Å². The highest BCUT2D eigenvalue weighted by atomic mass is 79.9. The number of likely N-dealkylation sites (N-methyl/N-ethyl adjacent to an activating group) is 1. The quantitative estimate of drug-likeness (QED) is 0.788. The van der Waals surface area contributed by atoms with Gasteiger partial charge in [-0.15, -0.1) is 12.3 Å². The fourth-order valence-electron chi connectivity index (χ4n) is 1.73. The summed E-state index contributed by atoms with van der Waals surface area (Å²) >= 11 is 3.44. The topological polar surface area (TPSA) is 12.0 Å². The maximum atomic E-state index is 5.30. The van der Waals surface area contributed by atoms with Crippen molar-refractivity contribution < 1.29 is 0 Å². The van der Waals surface area contributed by atoms with Crippen molar-refractivity contribution >= 4 is 15.9 Å². The molecule has 0 bridgehead atoms. The van der Waals surface area contributed by atoms with Crippen LogP contribution in [0, 0.1) is 12.3 Å². The third-order valence-electron chi connectivity index (χ3n) is 2.53. The number of terminal acetylenes is 1. The first-order valence-electron chi connectivity index (χ1n) is 5.67. The average molecular weight is 280 g/mol. The molecule has 1 rings (SSSR count). The van der Waals surface area contributed by atoms with Gasteiger partial charge in [-0.3, -0.25) is 0 Å². The summed E-state index contributed by atoms with van der Waals surface area (Å²) in [5.41, 5.74) is 1.35. The van der Waals surface area contributed by atoms with E-state index in [2.05, 4.69) is 58.4 Å². The number of benzene rings is 1. The third-order valence-corrected chi connectivity index (χ3v) is 3.05. The van der Waals surface area contributed by atoms with Crippen LogP contribution >= 0.6 is 15.9 Å². The zero-order valence-corrected chi connectivity index (χ0v) is 11.3. The number of hydrogen-bond donors (Lipinski definition) is 1. The monoisotopic (exact) mass is 279 g/mol. The molecule has 1 aromatic rings. The van der Waals surface area contributed by atoms with Gasteiger partial charge >= 0.3 is 0 Å². The van der Waals surface area contributed by atoms with Gasteiger partial charge in [0.15, 0.2) is 0 Å². The summed E-state index contributed by atoms with van der Waals surface area (Å²) in [6.45, 7) is 3.12. The molecule has 0 heterocycles. The van der Waals surface area contributed by atoms with Gasteiger partial charge in [0.2, 0.25) is 0 Å². The Bertz CT molecular complexity index is 337. The molecule has 0 saturated carbocycles. The van der Waals surface area contributed by atoms with E-state index in [0.717, 1.165) is 30.3 Å². The lowest BCUT2D eigenvalue weighted by Gasteiger charge is -2.16. The Morgan fingerprint density at radius 1 is 1.38 bits per heavy atom. The second-order valence-corrected chi connectivity index (χ2v) is 4.74. The lowest BCUT2D eigenvalue weighted by atomic mass is 10.0. The molecular weight excluding hydrogens is 262 g/mol. The number of nitrogens with one attached hydrogen (secondary N) is 1. The molecule has 0 fully saturated rings. The largest absolute Gasteiger partial charge is 0.314 e. The van der Waals surface area contributed by atoms with Crippen LogP contribution in [0.15, 0.2) is 28.7 Å². The summed E-state index contributed by atoms with van der Waals surface area (Å²) in [6, 6.07) is 8.97. The summed E-state index contributed by atoms with van der Waals surface area (Å²) < 4.78 is 1.12. The minimum atomic E-state index is 0.488. The van der Waals surface area contributed by atoms with E-state index >= 15 is 0 Å². The molecule has 0 aromatic heterocycles. The normalized spacial score (nSPS) is 12.1.